The second kappa shape index (κ2) is 8.22. The van der Waals surface area contributed by atoms with E-state index in [-0.39, 0.29) is 18.9 Å². The number of hydrogen-bond donors (Lipinski definition) is 1. The normalized spacial score (nSPS) is 27.5. The first kappa shape index (κ1) is 23.8. The summed E-state index contributed by atoms with van der Waals surface area (Å²) in [5, 5.41) is 3.39. The number of imide groups is 1. The molecule has 3 aromatic rings. The van der Waals surface area contributed by atoms with Gasteiger partial charge in [0.05, 0.1) is 21.9 Å². The van der Waals surface area contributed by atoms with E-state index in [9.17, 15) is 14.4 Å². The largest absolute Gasteiger partial charge is 0.326 e. The number of anilines is 1. The Morgan fingerprint density at radius 2 is 1.25 bits per heavy atom. The number of carbonyl (C=O) groups is 3. The molecule has 0 spiro atoms. The number of halogens is 4. The Balaban J connectivity index is 1.33. The molecule has 0 radical (unpaired) electrons. The van der Waals surface area contributed by atoms with E-state index in [2.05, 4.69) is 5.32 Å². The SMILES string of the molecule is O=C(CCN1C(=O)[C@@H]2[C@H](C1=O)C1(Cl)c3ccccc3C2(Cl)c2ccccc21)Nc1ccc(Cl)c(Cl)c1. The van der Waals surface area contributed by atoms with Crippen LogP contribution in [0.2, 0.25) is 10.0 Å². The highest BCUT2D eigenvalue weighted by Gasteiger charge is 2.72. The smallest absolute Gasteiger partial charge is 0.235 e. The maximum absolute atomic E-state index is 13.8. The monoisotopic (exact) mass is 558 g/mol. The van der Waals surface area contributed by atoms with E-state index in [1.165, 1.54) is 6.07 Å². The average molecular weight is 560 g/mol. The number of benzene rings is 3. The standard InChI is InChI=1S/C27H18Cl4N2O3/c28-19-10-9-14(13-20(19)29)32-21(34)11-12-33-24(35)22-23(25(33)36)27(31)16-6-2-1-5-15(16)26(22,30)17-7-3-4-8-18(17)27/h1-10,13,22-23H,11-12H2,(H,32,34)/t22-,23+,26?,27?. The molecule has 0 aromatic heterocycles. The molecule has 2 atom stereocenters. The van der Waals surface area contributed by atoms with Gasteiger partial charge in [-0.2, -0.15) is 0 Å². The fourth-order valence-corrected chi connectivity index (χ4v) is 7.35. The van der Waals surface area contributed by atoms with E-state index >= 15 is 0 Å². The zero-order valence-electron chi connectivity index (χ0n) is 18.6. The van der Waals surface area contributed by atoms with Crippen LogP contribution in [0, 0.1) is 11.8 Å². The van der Waals surface area contributed by atoms with Crippen LogP contribution in [0.5, 0.6) is 0 Å². The molecular formula is C27H18Cl4N2O3. The Morgan fingerprint density at radius 1 is 0.778 bits per heavy atom. The Morgan fingerprint density at radius 3 is 1.69 bits per heavy atom. The van der Waals surface area contributed by atoms with E-state index in [0.29, 0.717) is 15.7 Å². The molecule has 2 bridgehead atoms. The summed E-state index contributed by atoms with van der Waals surface area (Å²) in [5.74, 6) is -2.98. The lowest BCUT2D eigenvalue weighted by Gasteiger charge is -2.54. The Kier molecular flexibility index (Phi) is 5.44. The van der Waals surface area contributed by atoms with Crippen molar-refractivity contribution in [1.82, 2.24) is 4.90 Å². The van der Waals surface area contributed by atoms with Gasteiger partial charge in [0.2, 0.25) is 17.7 Å². The quantitative estimate of drug-likeness (QED) is 0.319. The lowest BCUT2D eigenvalue weighted by atomic mass is 9.54. The van der Waals surface area contributed by atoms with Gasteiger partial charge in [-0.1, -0.05) is 71.7 Å². The molecule has 0 saturated carbocycles. The number of rotatable bonds is 4. The minimum absolute atomic E-state index is 0.0928. The summed E-state index contributed by atoms with van der Waals surface area (Å²) in [6.07, 6.45) is -0.0956. The van der Waals surface area contributed by atoms with Gasteiger partial charge >= 0.3 is 0 Å². The summed E-state index contributed by atoms with van der Waals surface area (Å²) in [6, 6.07) is 19.6. The second-order valence-electron chi connectivity index (χ2n) is 9.23. The van der Waals surface area contributed by atoms with Gasteiger partial charge < -0.3 is 5.32 Å². The second-order valence-corrected chi connectivity index (χ2v) is 11.2. The van der Waals surface area contributed by atoms with Crippen LogP contribution in [0.15, 0.2) is 66.7 Å². The number of nitrogens with zero attached hydrogens (tertiary/aromatic N) is 1. The minimum Gasteiger partial charge on any atom is -0.326 e. The van der Waals surface area contributed by atoms with Crippen LogP contribution in [0.3, 0.4) is 0 Å². The van der Waals surface area contributed by atoms with Crippen LogP contribution in [0.25, 0.3) is 0 Å². The zero-order valence-corrected chi connectivity index (χ0v) is 21.6. The molecule has 3 amide bonds. The molecule has 1 N–H and O–H groups in total. The van der Waals surface area contributed by atoms with Crippen LogP contribution in [0.1, 0.15) is 28.7 Å². The van der Waals surface area contributed by atoms with Gasteiger partial charge in [-0.3, -0.25) is 19.3 Å². The maximum atomic E-state index is 13.8. The van der Waals surface area contributed by atoms with Crippen molar-refractivity contribution in [2.45, 2.75) is 16.2 Å². The van der Waals surface area contributed by atoms with Crippen molar-refractivity contribution < 1.29 is 14.4 Å². The number of amides is 3. The topological polar surface area (TPSA) is 66.5 Å². The molecule has 182 valence electrons. The molecule has 1 saturated heterocycles. The number of carbonyl (C=O) groups excluding carboxylic acids is 3. The fraction of sp³-hybridized carbons (Fsp3) is 0.222. The molecule has 3 aromatic carbocycles. The molecule has 0 unspecified atom stereocenters. The van der Waals surface area contributed by atoms with Crippen LogP contribution in [-0.4, -0.2) is 29.2 Å². The summed E-state index contributed by atoms with van der Waals surface area (Å²) in [7, 11) is 0. The van der Waals surface area contributed by atoms with Crippen molar-refractivity contribution in [3.8, 4) is 0 Å². The molecule has 1 heterocycles. The molecule has 5 nitrogen and oxygen atoms in total. The molecular weight excluding hydrogens is 542 g/mol. The highest BCUT2D eigenvalue weighted by atomic mass is 35.5. The van der Waals surface area contributed by atoms with Gasteiger partial charge in [0.1, 0.15) is 9.75 Å². The molecule has 1 aliphatic heterocycles. The van der Waals surface area contributed by atoms with Crippen LogP contribution >= 0.6 is 46.4 Å². The predicted octanol–water partition coefficient (Wildman–Crippen LogP) is 5.92. The molecule has 36 heavy (non-hydrogen) atoms. The lowest BCUT2D eigenvalue weighted by molar-refractivity contribution is -0.140. The number of alkyl halides is 2. The van der Waals surface area contributed by atoms with Crippen molar-refractivity contribution in [3.05, 3.63) is 99.0 Å². The van der Waals surface area contributed by atoms with Crippen molar-refractivity contribution in [2.75, 3.05) is 11.9 Å². The van der Waals surface area contributed by atoms with Crippen LogP contribution < -0.4 is 5.32 Å². The number of hydrogen-bond acceptors (Lipinski definition) is 3. The zero-order chi connectivity index (χ0) is 25.4. The first-order chi connectivity index (χ1) is 17.2. The van der Waals surface area contributed by atoms with Gasteiger partial charge in [-0.15, -0.1) is 23.2 Å². The molecule has 9 heteroatoms. The van der Waals surface area contributed by atoms with Crippen molar-refractivity contribution in [2.24, 2.45) is 11.8 Å². The van der Waals surface area contributed by atoms with Gasteiger partial charge in [0.25, 0.3) is 0 Å². The minimum atomic E-state index is -1.24. The molecule has 3 aliphatic carbocycles. The summed E-state index contributed by atoms with van der Waals surface area (Å²) in [6.45, 7) is -0.0928. The van der Waals surface area contributed by atoms with E-state index in [0.717, 1.165) is 27.2 Å². The summed E-state index contributed by atoms with van der Waals surface area (Å²) < 4.78 is 0. The van der Waals surface area contributed by atoms with E-state index in [4.69, 9.17) is 46.4 Å². The van der Waals surface area contributed by atoms with Crippen LogP contribution in [0.4, 0.5) is 5.69 Å². The van der Waals surface area contributed by atoms with E-state index < -0.39 is 33.4 Å². The Hall–Kier alpha value is -2.57. The lowest BCUT2D eigenvalue weighted by Crippen LogP contribution is -2.57. The fourth-order valence-electron chi connectivity index (χ4n) is 5.96. The third-order valence-corrected chi connectivity index (χ3v) is 9.47. The third kappa shape index (κ3) is 3.07. The molecule has 1 fully saturated rings. The van der Waals surface area contributed by atoms with Gasteiger partial charge in [0.15, 0.2) is 0 Å². The summed E-state index contributed by atoms with van der Waals surface area (Å²) in [4.78, 5) is 38.8. The Labute approximate surface area is 227 Å². The molecule has 7 rings (SSSR count). The highest BCUT2D eigenvalue weighted by Crippen LogP contribution is 2.69. The highest BCUT2D eigenvalue weighted by molar-refractivity contribution is 6.42. The average Bonchev–Trinajstić information content (AvgIpc) is 3.14. The van der Waals surface area contributed by atoms with Crippen molar-refractivity contribution in [1.29, 1.82) is 0 Å². The summed E-state index contributed by atoms with van der Waals surface area (Å²) in [5.41, 5.74) is 3.42. The Bertz CT molecular complexity index is 1350. The van der Waals surface area contributed by atoms with E-state index in [1.54, 1.807) is 12.1 Å². The maximum Gasteiger partial charge on any atom is 0.235 e. The van der Waals surface area contributed by atoms with Crippen molar-refractivity contribution >= 4 is 69.8 Å². The van der Waals surface area contributed by atoms with Gasteiger partial charge in [-0.25, -0.2) is 0 Å². The van der Waals surface area contributed by atoms with E-state index in [1.807, 2.05) is 48.5 Å². The number of likely N-dealkylation sites (tertiary alicyclic amines) is 1. The first-order valence-corrected chi connectivity index (χ1v) is 12.9. The summed E-state index contributed by atoms with van der Waals surface area (Å²) >= 11 is 26.7. The first-order valence-electron chi connectivity index (χ1n) is 11.4. The van der Waals surface area contributed by atoms with Crippen LogP contribution in [-0.2, 0) is 24.1 Å². The third-order valence-electron chi connectivity index (χ3n) is 7.44. The van der Waals surface area contributed by atoms with Gasteiger partial charge in [-0.05, 0) is 40.5 Å². The van der Waals surface area contributed by atoms with Gasteiger partial charge in [0, 0.05) is 18.7 Å². The number of nitrogens with one attached hydrogen (secondary N) is 1. The predicted molar refractivity (Wildman–Crippen MR) is 140 cm³/mol. The van der Waals surface area contributed by atoms with Crippen molar-refractivity contribution in [3.63, 3.8) is 0 Å². The molecule has 4 aliphatic rings.